The Morgan fingerprint density at radius 3 is 2.24 bits per heavy atom. The minimum Gasteiger partial charge on any atom is -0.393 e. The first-order chi connectivity index (χ1) is 7.95. The molecule has 1 aromatic rings. The van der Waals surface area contributed by atoms with Crippen LogP contribution in [0.1, 0.15) is 24.0 Å². The Morgan fingerprint density at radius 1 is 1.18 bits per heavy atom. The third-order valence-electron chi connectivity index (χ3n) is 2.99. The van der Waals surface area contributed by atoms with Crippen LogP contribution >= 0.6 is 0 Å². The molecule has 0 heterocycles. The molecule has 1 aromatic carbocycles. The van der Waals surface area contributed by atoms with Gasteiger partial charge in [0.2, 0.25) is 0 Å². The highest BCUT2D eigenvalue weighted by atomic mass is 19.4. The molecule has 1 saturated carbocycles. The molecule has 1 fully saturated rings. The molecule has 17 heavy (non-hydrogen) atoms. The molecule has 0 atom stereocenters. The molecular formula is C12H14F3NO. The average Bonchev–Trinajstić information content (AvgIpc) is 2.22. The molecule has 1 aliphatic carbocycles. The number of nitrogens with one attached hydrogen (secondary N) is 1. The normalized spacial score (nSPS) is 24.5. The minimum atomic E-state index is -4.27. The summed E-state index contributed by atoms with van der Waals surface area (Å²) in [6.07, 6.45) is -3.05. The topological polar surface area (TPSA) is 32.3 Å². The van der Waals surface area contributed by atoms with E-state index < -0.39 is 11.7 Å². The van der Waals surface area contributed by atoms with Crippen LogP contribution in [0.15, 0.2) is 24.3 Å². The first-order valence-corrected chi connectivity index (χ1v) is 5.53. The first-order valence-electron chi connectivity index (χ1n) is 5.53. The van der Waals surface area contributed by atoms with E-state index in [0.717, 1.165) is 30.5 Å². The van der Waals surface area contributed by atoms with E-state index in [-0.39, 0.29) is 12.1 Å². The van der Waals surface area contributed by atoms with Crippen molar-refractivity contribution < 1.29 is 18.3 Å². The van der Waals surface area contributed by atoms with E-state index in [1.54, 1.807) is 0 Å². The molecule has 0 aliphatic heterocycles. The van der Waals surface area contributed by atoms with E-state index in [0.29, 0.717) is 6.54 Å². The maximum atomic E-state index is 12.3. The van der Waals surface area contributed by atoms with Crippen LogP contribution in [0.2, 0.25) is 0 Å². The van der Waals surface area contributed by atoms with Gasteiger partial charge < -0.3 is 10.4 Å². The molecular weight excluding hydrogens is 231 g/mol. The smallest absolute Gasteiger partial charge is 0.393 e. The van der Waals surface area contributed by atoms with Gasteiger partial charge in [0.25, 0.3) is 0 Å². The number of alkyl halides is 3. The fourth-order valence-electron chi connectivity index (χ4n) is 1.83. The van der Waals surface area contributed by atoms with Gasteiger partial charge >= 0.3 is 6.18 Å². The zero-order valence-electron chi connectivity index (χ0n) is 9.17. The summed E-state index contributed by atoms with van der Waals surface area (Å²) in [6.45, 7) is 0.537. The Hall–Kier alpha value is -1.07. The molecule has 2 nitrogen and oxygen atoms in total. The Kier molecular flexibility index (Phi) is 3.40. The fraction of sp³-hybridized carbons (Fsp3) is 0.500. The van der Waals surface area contributed by atoms with Crippen LogP contribution in [0.25, 0.3) is 0 Å². The summed E-state index contributed by atoms with van der Waals surface area (Å²) in [4.78, 5) is 0. The van der Waals surface area contributed by atoms with E-state index in [2.05, 4.69) is 5.32 Å². The number of benzene rings is 1. The van der Waals surface area contributed by atoms with Crippen molar-refractivity contribution in [3.8, 4) is 0 Å². The predicted molar refractivity (Wildman–Crippen MR) is 57.3 cm³/mol. The largest absolute Gasteiger partial charge is 0.416 e. The zero-order valence-corrected chi connectivity index (χ0v) is 9.17. The van der Waals surface area contributed by atoms with Crippen molar-refractivity contribution in [1.82, 2.24) is 5.32 Å². The lowest BCUT2D eigenvalue weighted by Gasteiger charge is -2.32. The van der Waals surface area contributed by atoms with Crippen LogP contribution < -0.4 is 5.32 Å². The van der Waals surface area contributed by atoms with Gasteiger partial charge in [-0.15, -0.1) is 0 Å². The van der Waals surface area contributed by atoms with Crippen LogP contribution in [0.3, 0.4) is 0 Å². The molecule has 0 spiro atoms. The molecule has 1 aliphatic rings. The van der Waals surface area contributed by atoms with Crippen LogP contribution in [-0.4, -0.2) is 17.3 Å². The van der Waals surface area contributed by atoms with Crippen molar-refractivity contribution in [2.24, 2.45) is 0 Å². The second-order valence-corrected chi connectivity index (χ2v) is 4.40. The molecule has 0 unspecified atom stereocenters. The van der Waals surface area contributed by atoms with Gasteiger partial charge in [-0.25, -0.2) is 0 Å². The van der Waals surface area contributed by atoms with Crippen molar-refractivity contribution in [3.63, 3.8) is 0 Å². The third-order valence-corrected chi connectivity index (χ3v) is 2.99. The van der Waals surface area contributed by atoms with Crippen molar-refractivity contribution in [1.29, 1.82) is 0 Å². The quantitative estimate of drug-likeness (QED) is 0.856. The number of halogens is 3. The van der Waals surface area contributed by atoms with Crippen LogP contribution in [0, 0.1) is 0 Å². The van der Waals surface area contributed by atoms with E-state index >= 15 is 0 Å². The second kappa shape index (κ2) is 4.66. The van der Waals surface area contributed by atoms with Gasteiger partial charge in [0, 0.05) is 12.6 Å². The van der Waals surface area contributed by atoms with Gasteiger partial charge in [-0.1, -0.05) is 12.1 Å². The van der Waals surface area contributed by atoms with E-state index in [1.807, 2.05) is 0 Å². The molecule has 0 amide bonds. The van der Waals surface area contributed by atoms with Crippen molar-refractivity contribution in [3.05, 3.63) is 35.4 Å². The maximum absolute atomic E-state index is 12.3. The molecule has 0 radical (unpaired) electrons. The zero-order chi connectivity index (χ0) is 12.5. The lowest BCUT2D eigenvalue weighted by molar-refractivity contribution is -0.137. The molecule has 0 aromatic heterocycles. The summed E-state index contributed by atoms with van der Waals surface area (Å²) in [5.41, 5.74) is 0.194. The summed E-state index contributed by atoms with van der Waals surface area (Å²) in [5.74, 6) is 0. The summed E-state index contributed by atoms with van der Waals surface area (Å²) in [6, 6.07) is 5.42. The number of hydrogen-bond acceptors (Lipinski definition) is 2. The summed E-state index contributed by atoms with van der Waals surface area (Å²) >= 11 is 0. The van der Waals surface area contributed by atoms with Crippen LogP contribution in [-0.2, 0) is 12.7 Å². The average molecular weight is 245 g/mol. The standard InChI is InChI=1S/C12H14F3NO/c13-12(14,15)9-3-1-8(2-4-9)7-16-10-5-11(17)6-10/h1-4,10-11,16-17H,5-7H2. The van der Waals surface area contributed by atoms with Crippen molar-refractivity contribution in [2.45, 2.75) is 37.7 Å². The summed E-state index contributed by atoms with van der Waals surface area (Å²) in [5, 5.41) is 12.3. The number of aliphatic hydroxyl groups excluding tert-OH is 1. The lowest BCUT2D eigenvalue weighted by Crippen LogP contribution is -2.43. The molecule has 2 N–H and O–H groups in total. The van der Waals surface area contributed by atoms with E-state index in [9.17, 15) is 13.2 Å². The van der Waals surface area contributed by atoms with E-state index in [4.69, 9.17) is 5.11 Å². The van der Waals surface area contributed by atoms with Gasteiger partial charge in [-0.05, 0) is 30.5 Å². The summed E-state index contributed by atoms with van der Waals surface area (Å²) < 4.78 is 36.9. The molecule has 0 saturated heterocycles. The summed E-state index contributed by atoms with van der Waals surface area (Å²) in [7, 11) is 0. The molecule has 94 valence electrons. The third kappa shape index (κ3) is 3.20. The highest BCUT2D eigenvalue weighted by Crippen LogP contribution is 2.29. The predicted octanol–water partition coefficient (Wildman–Crippen LogP) is 2.32. The Balaban J connectivity index is 1.86. The molecule has 2 rings (SSSR count). The first kappa shape index (κ1) is 12.4. The van der Waals surface area contributed by atoms with Gasteiger partial charge in [-0.3, -0.25) is 0 Å². The highest BCUT2D eigenvalue weighted by Gasteiger charge is 2.30. The van der Waals surface area contributed by atoms with E-state index in [1.165, 1.54) is 12.1 Å². The Morgan fingerprint density at radius 2 is 1.76 bits per heavy atom. The highest BCUT2D eigenvalue weighted by molar-refractivity contribution is 5.24. The van der Waals surface area contributed by atoms with Crippen LogP contribution in [0.4, 0.5) is 13.2 Å². The van der Waals surface area contributed by atoms with Gasteiger partial charge in [0.1, 0.15) is 0 Å². The van der Waals surface area contributed by atoms with Crippen molar-refractivity contribution in [2.75, 3.05) is 0 Å². The molecule has 5 heteroatoms. The second-order valence-electron chi connectivity index (χ2n) is 4.40. The Labute approximate surface area is 97.5 Å². The van der Waals surface area contributed by atoms with Gasteiger partial charge in [-0.2, -0.15) is 13.2 Å². The van der Waals surface area contributed by atoms with Crippen molar-refractivity contribution >= 4 is 0 Å². The number of aliphatic hydroxyl groups is 1. The van der Waals surface area contributed by atoms with Crippen LogP contribution in [0.5, 0.6) is 0 Å². The number of rotatable bonds is 3. The minimum absolute atomic E-state index is 0.222. The fourth-order valence-corrected chi connectivity index (χ4v) is 1.83. The molecule has 0 bridgehead atoms. The lowest BCUT2D eigenvalue weighted by atomic mass is 9.89. The van der Waals surface area contributed by atoms with Gasteiger partial charge in [0.05, 0.1) is 11.7 Å². The Bertz CT molecular complexity index is 368. The monoisotopic (exact) mass is 245 g/mol. The van der Waals surface area contributed by atoms with Gasteiger partial charge in [0.15, 0.2) is 0 Å². The maximum Gasteiger partial charge on any atom is 0.416 e. The number of hydrogen-bond donors (Lipinski definition) is 2. The SMILES string of the molecule is OC1CC(NCc2ccc(C(F)(F)F)cc2)C1.